The topological polar surface area (TPSA) is 50.2 Å². The maximum Gasteiger partial charge on any atom is 0.164 e. The molecule has 0 aliphatic rings. The normalized spacial score (nSPS) is 12.6. The Morgan fingerprint density at radius 2 is 1.53 bits per heavy atom. The summed E-state index contributed by atoms with van der Waals surface area (Å²) < 4.78 is 2.62. The van der Waals surface area contributed by atoms with Crippen molar-refractivity contribution in [2.24, 2.45) is 16.7 Å². The molecule has 0 aliphatic carbocycles. The van der Waals surface area contributed by atoms with E-state index < -0.39 is 0 Å². The van der Waals surface area contributed by atoms with Crippen molar-refractivity contribution in [3.8, 4) is 22.4 Å². The van der Waals surface area contributed by atoms with Crippen LogP contribution < -0.4 is 0 Å². The van der Waals surface area contributed by atoms with Crippen molar-refractivity contribution in [1.82, 2.24) is 4.98 Å². The standard InChI is InChI=1S/C34H32NS2.C15H28O2.Ir/c1-20(2)15-27-21(3)37-32-18-23(11-12-26(27)32)28-19-31(35-30-13-14-36-33(28)30)24-16-22-9-7-8-10-25(22)29(17-24)34(4,5)6;1-7-14(5,8-2)12(16)11-13(17)15(6,9-3)10-4;/h7-14,17-20H,15H2,1-6H3;11,16H,7-10H2,1-6H3;/q-1;;/b;12-11-;. The number of fused-ring (bicyclic) bond motifs is 3. The van der Waals surface area contributed by atoms with Gasteiger partial charge in [-0.05, 0) is 90.0 Å². The molecule has 295 valence electrons. The van der Waals surface area contributed by atoms with E-state index in [1.165, 1.54) is 53.4 Å². The molecular weight excluding hydrogens is 891 g/mol. The van der Waals surface area contributed by atoms with Gasteiger partial charge in [-0.25, -0.2) is 0 Å². The summed E-state index contributed by atoms with van der Waals surface area (Å²) in [4.78, 5) is 18.7. The van der Waals surface area contributed by atoms with E-state index >= 15 is 0 Å². The van der Waals surface area contributed by atoms with E-state index in [2.05, 4.69) is 114 Å². The molecule has 0 fully saturated rings. The number of hydrogen-bond donors (Lipinski definition) is 1. The van der Waals surface area contributed by atoms with Crippen molar-refractivity contribution in [3.63, 3.8) is 0 Å². The first-order valence-corrected chi connectivity index (χ1v) is 21.5. The summed E-state index contributed by atoms with van der Waals surface area (Å²) in [6.45, 7) is 25.8. The Labute approximate surface area is 352 Å². The first-order valence-electron chi connectivity index (χ1n) is 19.8. The number of aromatic nitrogens is 1. The summed E-state index contributed by atoms with van der Waals surface area (Å²) in [6.07, 6.45) is 5.89. The van der Waals surface area contributed by atoms with Gasteiger partial charge in [0.25, 0.3) is 0 Å². The molecule has 3 aromatic carbocycles. The molecule has 0 spiro atoms. The fraction of sp³-hybridized carbons (Fsp3) is 0.429. The zero-order valence-electron chi connectivity index (χ0n) is 35.0. The quantitative estimate of drug-likeness (QED) is 0.0800. The van der Waals surface area contributed by atoms with Crippen LogP contribution in [0.3, 0.4) is 0 Å². The number of hydrogen-bond acceptors (Lipinski definition) is 5. The van der Waals surface area contributed by atoms with Gasteiger partial charge in [0.05, 0.1) is 10.2 Å². The fourth-order valence-electron chi connectivity index (χ4n) is 7.08. The van der Waals surface area contributed by atoms with E-state index in [0.717, 1.165) is 54.3 Å². The number of aliphatic hydroxyl groups excluding tert-OH is 1. The van der Waals surface area contributed by atoms with Crippen LogP contribution in [0.25, 0.3) is 53.5 Å². The van der Waals surface area contributed by atoms with Gasteiger partial charge in [0.2, 0.25) is 0 Å². The SMILES string of the molecule is CCC(C)(CC)C(=O)/C=C(\O)C(C)(CC)CC.Cc1sc2cc(-c3cc(-c4[c-]c5ccccc5c(C(C)(C)C)c4)nc4ccsc34)ccc2c1CC(C)C.[Ir]. The van der Waals surface area contributed by atoms with Gasteiger partial charge in [0, 0.05) is 52.3 Å². The predicted octanol–water partition coefficient (Wildman–Crippen LogP) is 15.3. The smallest absolute Gasteiger partial charge is 0.164 e. The van der Waals surface area contributed by atoms with Crippen molar-refractivity contribution in [2.75, 3.05) is 0 Å². The molecular formula is C49H60IrNO2S2-. The van der Waals surface area contributed by atoms with Gasteiger partial charge in [-0.2, -0.15) is 0 Å². The van der Waals surface area contributed by atoms with Gasteiger partial charge in [0.15, 0.2) is 5.78 Å². The minimum atomic E-state index is -0.337. The first kappa shape index (κ1) is 44.6. The molecule has 3 aromatic heterocycles. The van der Waals surface area contributed by atoms with Gasteiger partial charge in [0.1, 0.15) is 5.76 Å². The van der Waals surface area contributed by atoms with E-state index in [4.69, 9.17) is 4.98 Å². The number of benzene rings is 3. The predicted molar refractivity (Wildman–Crippen MR) is 237 cm³/mol. The zero-order chi connectivity index (χ0) is 39.6. The minimum Gasteiger partial charge on any atom is -0.512 e. The number of rotatable bonds is 11. The van der Waals surface area contributed by atoms with Gasteiger partial charge in [-0.3, -0.25) is 9.78 Å². The third-order valence-electron chi connectivity index (χ3n) is 11.8. The zero-order valence-corrected chi connectivity index (χ0v) is 39.0. The van der Waals surface area contributed by atoms with Crippen LogP contribution in [0, 0.1) is 29.7 Å². The summed E-state index contributed by atoms with van der Waals surface area (Å²) in [5.74, 6) is 0.939. The van der Waals surface area contributed by atoms with Gasteiger partial charge < -0.3 is 5.11 Å². The second-order valence-corrected chi connectivity index (χ2v) is 19.1. The van der Waals surface area contributed by atoms with E-state index in [-0.39, 0.29) is 47.9 Å². The van der Waals surface area contributed by atoms with Crippen molar-refractivity contribution in [1.29, 1.82) is 0 Å². The number of pyridine rings is 1. The Morgan fingerprint density at radius 1 is 0.873 bits per heavy atom. The van der Waals surface area contributed by atoms with Crippen LogP contribution in [0.1, 0.15) is 118 Å². The minimum absolute atomic E-state index is 0. The van der Waals surface area contributed by atoms with Crippen molar-refractivity contribution >= 4 is 59.5 Å². The molecule has 0 bridgehead atoms. The summed E-state index contributed by atoms with van der Waals surface area (Å²) in [7, 11) is 0. The summed E-state index contributed by atoms with van der Waals surface area (Å²) in [5, 5.41) is 16.1. The van der Waals surface area contributed by atoms with Crippen LogP contribution >= 0.6 is 22.7 Å². The average Bonchev–Trinajstić information content (AvgIpc) is 3.76. The molecule has 0 amide bonds. The molecule has 3 nitrogen and oxygen atoms in total. The number of carbonyl (C=O) groups is 1. The van der Waals surface area contributed by atoms with Crippen LogP contribution in [0.15, 0.2) is 77.9 Å². The molecule has 1 N–H and O–H groups in total. The largest absolute Gasteiger partial charge is 0.512 e. The van der Waals surface area contributed by atoms with Crippen molar-refractivity contribution in [2.45, 2.75) is 121 Å². The molecule has 1 radical (unpaired) electrons. The van der Waals surface area contributed by atoms with Crippen LogP contribution in [0.4, 0.5) is 0 Å². The third kappa shape index (κ3) is 9.53. The molecule has 6 heteroatoms. The van der Waals surface area contributed by atoms with Crippen molar-refractivity contribution < 1.29 is 30.0 Å². The van der Waals surface area contributed by atoms with Crippen molar-refractivity contribution in [3.05, 3.63) is 99.9 Å². The van der Waals surface area contributed by atoms with Gasteiger partial charge in [-0.1, -0.05) is 124 Å². The van der Waals surface area contributed by atoms with E-state index in [1.54, 1.807) is 11.3 Å². The molecule has 0 atom stereocenters. The Morgan fingerprint density at radius 3 is 2.15 bits per heavy atom. The van der Waals surface area contributed by atoms with Crippen LogP contribution in [0.5, 0.6) is 0 Å². The summed E-state index contributed by atoms with van der Waals surface area (Å²) in [5.41, 5.74) is 7.88. The first-order chi connectivity index (χ1) is 25.5. The fourth-order valence-corrected chi connectivity index (χ4v) is 9.09. The number of aliphatic hydroxyl groups is 1. The van der Waals surface area contributed by atoms with E-state index in [0.29, 0.717) is 5.92 Å². The maximum atomic E-state index is 12.2. The second-order valence-electron chi connectivity index (χ2n) is 17.0. The molecule has 6 rings (SSSR count). The Kier molecular flexibility index (Phi) is 14.6. The summed E-state index contributed by atoms with van der Waals surface area (Å²) >= 11 is 3.70. The van der Waals surface area contributed by atoms with Gasteiger partial charge >= 0.3 is 0 Å². The number of aryl methyl sites for hydroxylation is 1. The molecule has 55 heavy (non-hydrogen) atoms. The number of thiophene rings is 2. The Balaban J connectivity index is 0.000000320. The average molecular weight is 951 g/mol. The number of allylic oxidation sites excluding steroid dienone is 2. The number of nitrogens with zero attached hydrogens (tertiary/aromatic N) is 1. The van der Waals surface area contributed by atoms with Crippen LogP contribution in [-0.4, -0.2) is 15.9 Å². The maximum absolute atomic E-state index is 12.2. The molecule has 3 heterocycles. The molecule has 0 unspecified atom stereocenters. The number of carbonyl (C=O) groups excluding carboxylic acids is 1. The van der Waals surface area contributed by atoms with Crippen LogP contribution in [-0.2, 0) is 36.7 Å². The van der Waals surface area contributed by atoms with E-state index in [1.807, 2.05) is 52.9 Å². The number of ketones is 1. The van der Waals surface area contributed by atoms with E-state index in [9.17, 15) is 9.90 Å². The molecule has 0 saturated carbocycles. The Bertz CT molecular complexity index is 2290. The Hall–Kier alpha value is -3.15. The third-order valence-corrected chi connectivity index (χ3v) is 13.8. The second kappa shape index (κ2) is 18.0. The molecule has 0 saturated heterocycles. The van der Waals surface area contributed by atoms with Gasteiger partial charge in [-0.15, -0.1) is 51.8 Å². The molecule has 0 aliphatic heterocycles. The summed E-state index contributed by atoms with van der Waals surface area (Å²) in [6, 6.07) is 26.1. The monoisotopic (exact) mass is 951 g/mol. The van der Waals surface area contributed by atoms with Crippen LogP contribution in [0.2, 0.25) is 0 Å². The molecule has 6 aromatic rings.